The van der Waals surface area contributed by atoms with E-state index in [0.29, 0.717) is 11.3 Å². The van der Waals surface area contributed by atoms with Crippen molar-refractivity contribution in [2.24, 2.45) is 0 Å². The van der Waals surface area contributed by atoms with E-state index in [-0.39, 0.29) is 27.8 Å². The Morgan fingerprint density at radius 1 is 1.23 bits per heavy atom. The first-order chi connectivity index (χ1) is 16.6. The molecule has 2 amide bonds. The average Bonchev–Trinajstić information content (AvgIpc) is 2.80. The molecular formula is C27H30FN3O3S. The minimum Gasteiger partial charge on any atom is -0.496 e. The fourth-order valence-electron chi connectivity index (χ4n) is 5.13. The molecule has 2 aliphatic rings. The summed E-state index contributed by atoms with van der Waals surface area (Å²) >= 11 is 5.19. The normalized spacial score (nSPS) is 20.7. The van der Waals surface area contributed by atoms with E-state index in [2.05, 4.69) is 37.9 Å². The van der Waals surface area contributed by atoms with Gasteiger partial charge in [-0.05, 0) is 74.7 Å². The Bertz CT molecular complexity index is 1240. The van der Waals surface area contributed by atoms with Crippen LogP contribution in [0.4, 0.5) is 15.8 Å². The van der Waals surface area contributed by atoms with Crippen LogP contribution in [0.1, 0.15) is 57.6 Å². The van der Waals surface area contributed by atoms with Gasteiger partial charge in [0.1, 0.15) is 17.1 Å². The first-order valence-electron chi connectivity index (χ1n) is 11.7. The van der Waals surface area contributed by atoms with Gasteiger partial charge in [-0.25, -0.2) is 9.29 Å². The summed E-state index contributed by atoms with van der Waals surface area (Å²) in [6.07, 6.45) is 3.48. The number of fused-ring (bicyclic) bond motifs is 1. The summed E-state index contributed by atoms with van der Waals surface area (Å²) in [5.41, 5.74) is 2.67. The van der Waals surface area contributed by atoms with Gasteiger partial charge in [-0.2, -0.15) is 0 Å². The van der Waals surface area contributed by atoms with Gasteiger partial charge >= 0.3 is 0 Å². The molecule has 1 atom stereocenters. The van der Waals surface area contributed by atoms with Crippen LogP contribution in [0.2, 0.25) is 0 Å². The van der Waals surface area contributed by atoms with Gasteiger partial charge < -0.3 is 9.64 Å². The van der Waals surface area contributed by atoms with Gasteiger partial charge in [0.2, 0.25) is 0 Å². The second-order valence-corrected chi connectivity index (χ2v) is 10.0. The number of benzene rings is 2. The van der Waals surface area contributed by atoms with Gasteiger partial charge in [0.15, 0.2) is 5.11 Å². The summed E-state index contributed by atoms with van der Waals surface area (Å²) in [6, 6.07) is 9.78. The third kappa shape index (κ3) is 4.43. The Labute approximate surface area is 210 Å². The van der Waals surface area contributed by atoms with Crippen LogP contribution in [0.5, 0.6) is 5.75 Å². The number of carbonyl (C=O) groups is 2. The Balaban J connectivity index is 1.82. The first kappa shape index (κ1) is 24.9. The number of thiocarbonyl (C=S) groups is 1. The lowest BCUT2D eigenvalue weighted by Crippen LogP contribution is -2.54. The average molecular weight is 496 g/mol. The molecular weight excluding hydrogens is 465 g/mol. The monoisotopic (exact) mass is 495 g/mol. The molecule has 184 valence electrons. The zero-order valence-corrected chi connectivity index (χ0v) is 21.5. The first-order valence-corrected chi connectivity index (χ1v) is 12.2. The second kappa shape index (κ2) is 9.41. The van der Waals surface area contributed by atoms with Crippen molar-refractivity contribution in [3.8, 4) is 5.75 Å². The highest BCUT2D eigenvalue weighted by molar-refractivity contribution is 7.80. The van der Waals surface area contributed by atoms with Crippen molar-refractivity contribution >= 4 is 46.6 Å². The number of rotatable bonds is 5. The van der Waals surface area contributed by atoms with Crippen LogP contribution in [0.3, 0.4) is 0 Å². The summed E-state index contributed by atoms with van der Waals surface area (Å²) < 4.78 is 20.2. The highest BCUT2D eigenvalue weighted by Gasteiger charge is 2.38. The van der Waals surface area contributed by atoms with E-state index in [9.17, 15) is 14.0 Å². The summed E-state index contributed by atoms with van der Waals surface area (Å²) in [6.45, 7) is 9.74. The minimum absolute atomic E-state index is 0.0113. The van der Waals surface area contributed by atoms with Gasteiger partial charge in [0.05, 0.1) is 12.8 Å². The van der Waals surface area contributed by atoms with Crippen molar-refractivity contribution in [1.82, 2.24) is 5.32 Å². The van der Waals surface area contributed by atoms with Gasteiger partial charge in [-0.3, -0.25) is 14.9 Å². The molecule has 0 aromatic heterocycles. The SMILES string of the molecule is CCCN1c2cc(OC)c(/C=C3/C(=O)NC(=S)N(c4ccccc4F)C3=O)cc2C(C)CC1(C)C. The number of anilines is 2. The molecule has 35 heavy (non-hydrogen) atoms. The predicted molar refractivity (Wildman–Crippen MR) is 140 cm³/mol. The number of nitrogens with one attached hydrogen (secondary N) is 1. The number of hydrogen-bond acceptors (Lipinski definition) is 5. The van der Waals surface area contributed by atoms with Crippen LogP contribution < -0.4 is 19.9 Å². The van der Waals surface area contributed by atoms with Crippen molar-refractivity contribution in [3.05, 3.63) is 58.9 Å². The van der Waals surface area contributed by atoms with E-state index in [1.807, 2.05) is 12.1 Å². The van der Waals surface area contributed by atoms with Crippen LogP contribution in [0, 0.1) is 5.82 Å². The number of hydrogen-bond donors (Lipinski definition) is 1. The molecule has 0 aliphatic carbocycles. The number of para-hydroxylation sites is 1. The summed E-state index contributed by atoms with van der Waals surface area (Å²) in [4.78, 5) is 29.6. The van der Waals surface area contributed by atoms with Gasteiger partial charge in [-0.1, -0.05) is 26.0 Å². The molecule has 0 radical (unpaired) electrons. The Morgan fingerprint density at radius 3 is 2.60 bits per heavy atom. The van der Waals surface area contributed by atoms with Crippen LogP contribution in [-0.2, 0) is 9.59 Å². The Morgan fingerprint density at radius 2 is 1.94 bits per heavy atom. The molecule has 6 nitrogen and oxygen atoms in total. The lowest BCUT2D eigenvalue weighted by atomic mass is 9.79. The maximum Gasteiger partial charge on any atom is 0.270 e. The molecule has 2 aromatic rings. The van der Waals surface area contributed by atoms with E-state index in [1.165, 1.54) is 24.3 Å². The molecule has 0 saturated carbocycles. The van der Waals surface area contributed by atoms with E-state index in [0.717, 1.165) is 35.5 Å². The molecule has 1 N–H and O–H groups in total. The van der Waals surface area contributed by atoms with E-state index in [4.69, 9.17) is 17.0 Å². The molecule has 8 heteroatoms. The van der Waals surface area contributed by atoms with Gasteiger partial charge in [-0.15, -0.1) is 0 Å². The molecule has 1 unspecified atom stereocenters. The van der Waals surface area contributed by atoms with E-state index < -0.39 is 17.6 Å². The minimum atomic E-state index is -0.689. The standard InChI is InChI=1S/C27H30FN3O3S/c1-6-11-30-22-14-23(34-5)17(12-18(22)16(2)15-27(30,3)4)13-19-24(32)29-26(35)31(25(19)33)21-10-8-7-9-20(21)28/h7-10,12-14,16H,6,11,15H2,1-5H3,(H,29,32,35)/b19-13-. The fraction of sp³-hybridized carbons (Fsp3) is 0.370. The summed E-state index contributed by atoms with van der Waals surface area (Å²) in [7, 11) is 1.56. The maximum absolute atomic E-state index is 14.5. The van der Waals surface area contributed by atoms with E-state index in [1.54, 1.807) is 13.2 Å². The number of carbonyl (C=O) groups excluding carboxylic acids is 2. The zero-order valence-electron chi connectivity index (χ0n) is 20.6. The lowest BCUT2D eigenvalue weighted by Gasteiger charge is -2.48. The largest absolute Gasteiger partial charge is 0.496 e. The van der Waals surface area contributed by atoms with Crippen molar-refractivity contribution in [2.75, 3.05) is 23.5 Å². The summed E-state index contributed by atoms with van der Waals surface area (Å²) in [5.74, 6) is -1.11. The molecule has 2 aliphatic heterocycles. The lowest BCUT2D eigenvalue weighted by molar-refractivity contribution is -0.122. The number of ether oxygens (including phenoxy) is 1. The van der Waals surface area contributed by atoms with Gasteiger partial charge in [0.25, 0.3) is 11.8 Å². The smallest absolute Gasteiger partial charge is 0.270 e. The predicted octanol–water partition coefficient (Wildman–Crippen LogP) is 5.17. The zero-order chi connectivity index (χ0) is 25.5. The molecule has 0 bridgehead atoms. The summed E-state index contributed by atoms with van der Waals surface area (Å²) in [5, 5.41) is 2.35. The highest BCUT2D eigenvalue weighted by Crippen LogP contribution is 2.46. The van der Waals surface area contributed by atoms with Crippen LogP contribution in [0.15, 0.2) is 42.0 Å². The number of amides is 2. The number of halogens is 1. The molecule has 4 rings (SSSR count). The molecule has 2 heterocycles. The number of methoxy groups -OCH3 is 1. The van der Waals surface area contributed by atoms with E-state index >= 15 is 0 Å². The third-order valence-electron chi connectivity index (χ3n) is 6.68. The second-order valence-electron chi connectivity index (χ2n) is 9.63. The quantitative estimate of drug-likeness (QED) is 0.352. The highest BCUT2D eigenvalue weighted by atomic mass is 32.1. The topological polar surface area (TPSA) is 61.9 Å². The molecule has 0 spiro atoms. The Hall–Kier alpha value is -3.26. The van der Waals surface area contributed by atoms with Gasteiger partial charge in [0, 0.05) is 29.4 Å². The van der Waals surface area contributed by atoms with Crippen molar-refractivity contribution < 1.29 is 18.7 Å². The van der Waals surface area contributed by atoms with Crippen molar-refractivity contribution in [3.63, 3.8) is 0 Å². The molecule has 1 saturated heterocycles. The molecule has 1 fully saturated rings. The van der Waals surface area contributed by atoms with Crippen LogP contribution in [-0.4, -0.2) is 36.1 Å². The molecule has 2 aromatic carbocycles. The van der Waals surface area contributed by atoms with Crippen molar-refractivity contribution in [1.29, 1.82) is 0 Å². The Kier molecular flexibility index (Phi) is 6.68. The van der Waals surface area contributed by atoms with Crippen LogP contribution >= 0.6 is 12.2 Å². The van der Waals surface area contributed by atoms with Crippen LogP contribution in [0.25, 0.3) is 6.08 Å². The van der Waals surface area contributed by atoms with Crippen molar-refractivity contribution in [2.45, 2.75) is 52.0 Å². The third-order valence-corrected chi connectivity index (χ3v) is 6.96. The fourth-order valence-corrected chi connectivity index (χ4v) is 5.40. The maximum atomic E-state index is 14.5. The number of nitrogens with zero attached hydrogens (tertiary/aromatic N) is 2.